The number of carboxylic acids is 1. The van der Waals surface area contributed by atoms with Gasteiger partial charge < -0.3 is 10.4 Å². The second-order valence-corrected chi connectivity index (χ2v) is 3.56. The number of carboxylic acid groups (broad SMARTS) is 1. The highest BCUT2D eigenvalue weighted by molar-refractivity contribution is 5.67. The number of hydrogen-bond donors (Lipinski definition) is 2. The fourth-order valence-corrected chi connectivity index (χ4v) is 1.35. The Labute approximate surface area is 105 Å². The second kappa shape index (κ2) is 5.55. The molecule has 0 heterocycles. The molecular formula is C10H9F3N2O4. The van der Waals surface area contributed by atoms with E-state index in [0.717, 1.165) is 12.1 Å². The SMILES string of the molecule is O=C(O)CCNc1ccc([N+](=O)[O-])c(C(F)(F)F)c1. The first-order valence-corrected chi connectivity index (χ1v) is 5.03. The van der Waals surface area contributed by atoms with Crippen molar-refractivity contribution in [2.75, 3.05) is 11.9 Å². The molecule has 0 radical (unpaired) electrons. The van der Waals surface area contributed by atoms with Gasteiger partial charge in [0, 0.05) is 18.3 Å². The Kier molecular flexibility index (Phi) is 4.30. The Morgan fingerprint density at radius 2 is 2.05 bits per heavy atom. The maximum absolute atomic E-state index is 12.6. The summed E-state index contributed by atoms with van der Waals surface area (Å²) in [6.07, 6.45) is -5.13. The molecule has 1 aromatic rings. The van der Waals surface area contributed by atoms with E-state index in [1.165, 1.54) is 0 Å². The molecule has 0 aromatic heterocycles. The van der Waals surface area contributed by atoms with Crippen LogP contribution in [-0.2, 0) is 11.0 Å². The monoisotopic (exact) mass is 278 g/mol. The van der Waals surface area contributed by atoms with Gasteiger partial charge in [0.1, 0.15) is 5.56 Å². The number of benzene rings is 1. The minimum absolute atomic E-state index is 0.0285. The van der Waals surface area contributed by atoms with Crippen LogP contribution < -0.4 is 5.32 Å². The zero-order valence-electron chi connectivity index (χ0n) is 9.40. The van der Waals surface area contributed by atoms with Crippen LogP contribution in [-0.4, -0.2) is 22.5 Å². The number of halogens is 3. The van der Waals surface area contributed by atoms with Crippen LogP contribution in [0.15, 0.2) is 18.2 Å². The van der Waals surface area contributed by atoms with Gasteiger partial charge in [0.25, 0.3) is 5.69 Å². The number of nitro benzene ring substituents is 1. The number of anilines is 1. The van der Waals surface area contributed by atoms with Crippen LogP contribution >= 0.6 is 0 Å². The van der Waals surface area contributed by atoms with E-state index in [2.05, 4.69) is 5.32 Å². The molecule has 0 aliphatic rings. The lowest BCUT2D eigenvalue weighted by atomic mass is 10.1. The van der Waals surface area contributed by atoms with Crippen LogP contribution in [0.3, 0.4) is 0 Å². The van der Waals surface area contributed by atoms with Crippen LogP contribution in [0.1, 0.15) is 12.0 Å². The molecule has 0 aliphatic carbocycles. The first-order valence-electron chi connectivity index (χ1n) is 5.03. The van der Waals surface area contributed by atoms with Crippen LogP contribution in [0.4, 0.5) is 24.5 Å². The van der Waals surface area contributed by atoms with Gasteiger partial charge in [-0.1, -0.05) is 0 Å². The lowest BCUT2D eigenvalue weighted by Gasteiger charge is -2.10. The average Bonchev–Trinajstić information content (AvgIpc) is 2.27. The number of hydrogen-bond acceptors (Lipinski definition) is 4. The summed E-state index contributed by atoms with van der Waals surface area (Å²) in [6, 6.07) is 2.40. The smallest absolute Gasteiger partial charge is 0.423 e. The highest BCUT2D eigenvalue weighted by Gasteiger charge is 2.38. The van der Waals surface area contributed by atoms with Crippen molar-refractivity contribution in [3.8, 4) is 0 Å². The lowest BCUT2D eigenvalue weighted by Crippen LogP contribution is -2.11. The molecule has 9 heteroatoms. The third-order valence-corrected chi connectivity index (χ3v) is 2.17. The molecule has 0 unspecified atom stereocenters. The van der Waals surface area contributed by atoms with E-state index >= 15 is 0 Å². The van der Waals surface area contributed by atoms with Gasteiger partial charge >= 0.3 is 12.1 Å². The predicted molar refractivity (Wildman–Crippen MR) is 58.8 cm³/mol. The van der Waals surface area contributed by atoms with E-state index in [1.807, 2.05) is 0 Å². The number of aliphatic carboxylic acids is 1. The average molecular weight is 278 g/mol. The Hall–Kier alpha value is -2.32. The van der Waals surface area contributed by atoms with Gasteiger partial charge in [0.05, 0.1) is 11.3 Å². The van der Waals surface area contributed by atoms with E-state index in [1.54, 1.807) is 0 Å². The summed E-state index contributed by atoms with van der Waals surface area (Å²) in [6.45, 7) is -0.0789. The molecular weight excluding hydrogens is 269 g/mol. The third kappa shape index (κ3) is 4.12. The molecule has 0 atom stereocenters. The molecule has 0 amide bonds. The highest BCUT2D eigenvalue weighted by Crippen LogP contribution is 2.37. The Balaban J connectivity index is 2.99. The molecule has 0 saturated carbocycles. The van der Waals surface area contributed by atoms with Gasteiger partial charge in [-0.3, -0.25) is 14.9 Å². The molecule has 19 heavy (non-hydrogen) atoms. The summed E-state index contributed by atoms with van der Waals surface area (Å²) in [4.78, 5) is 19.6. The summed E-state index contributed by atoms with van der Waals surface area (Å²) in [5.41, 5.74) is -2.45. The van der Waals surface area contributed by atoms with Crippen molar-refractivity contribution in [1.29, 1.82) is 0 Å². The minimum atomic E-state index is -4.85. The van der Waals surface area contributed by atoms with Crippen LogP contribution in [0.5, 0.6) is 0 Å². The fourth-order valence-electron chi connectivity index (χ4n) is 1.35. The Morgan fingerprint density at radius 3 is 2.53 bits per heavy atom. The third-order valence-electron chi connectivity index (χ3n) is 2.17. The summed E-state index contributed by atoms with van der Waals surface area (Å²) in [7, 11) is 0. The maximum atomic E-state index is 12.6. The minimum Gasteiger partial charge on any atom is -0.481 e. The number of nitro groups is 1. The maximum Gasteiger partial charge on any atom is 0.423 e. The van der Waals surface area contributed by atoms with Crippen molar-refractivity contribution in [1.82, 2.24) is 0 Å². The largest absolute Gasteiger partial charge is 0.481 e. The molecule has 1 aromatic carbocycles. The van der Waals surface area contributed by atoms with Crippen molar-refractivity contribution in [3.05, 3.63) is 33.9 Å². The molecule has 2 N–H and O–H groups in total. The predicted octanol–water partition coefficient (Wildman–Crippen LogP) is 2.50. The molecule has 1 rings (SSSR count). The van der Waals surface area contributed by atoms with Crippen LogP contribution in [0, 0.1) is 10.1 Å². The zero-order chi connectivity index (χ0) is 14.6. The number of alkyl halides is 3. The Morgan fingerprint density at radius 1 is 1.42 bits per heavy atom. The van der Waals surface area contributed by atoms with Gasteiger partial charge in [-0.15, -0.1) is 0 Å². The molecule has 104 valence electrons. The van der Waals surface area contributed by atoms with Gasteiger partial charge in [-0.05, 0) is 12.1 Å². The van der Waals surface area contributed by atoms with Crippen molar-refractivity contribution in [2.24, 2.45) is 0 Å². The van der Waals surface area contributed by atoms with Gasteiger partial charge in [-0.25, -0.2) is 0 Å². The summed E-state index contributed by atoms with van der Waals surface area (Å²) >= 11 is 0. The molecule has 6 nitrogen and oxygen atoms in total. The van der Waals surface area contributed by atoms with E-state index in [0.29, 0.717) is 6.07 Å². The van der Waals surface area contributed by atoms with Crippen LogP contribution in [0.25, 0.3) is 0 Å². The summed E-state index contributed by atoms with van der Waals surface area (Å²) < 4.78 is 37.8. The van der Waals surface area contributed by atoms with Crippen LogP contribution in [0.2, 0.25) is 0 Å². The molecule has 0 spiro atoms. The quantitative estimate of drug-likeness (QED) is 0.637. The zero-order valence-corrected chi connectivity index (χ0v) is 9.40. The molecule has 0 aliphatic heterocycles. The van der Waals surface area contributed by atoms with Crippen molar-refractivity contribution < 1.29 is 28.0 Å². The standard InChI is InChI=1S/C10H9F3N2O4/c11-10(12,13)7-5-6(14-4-3-9(16)17)1-2-8(7)15(18)19/h1-2,5,14H,3-4H2,(H,16,17). The van der Waals surface area contributed by atoms with Crippen molar-refractivity contribution >= 4 is 17.3 Å². The van der Waals surface area contributed by atoms with Gasteiger partial charge in [0.15, 0.2) is 0 Å². The van der Waals surface area contributed by atoms with Gasteiger partial charge in [-0.2, -0.15) is 13.2 Å². The first-order chi connectivity index (χ1) is 8.71. The second-order valence-electron chi connectivity index (χ2n) is 3.56. The topological polar surface area (TPSA) is 92.5 Å². The van der Waals surface area contributed by atoms with E-state index < -0.39 is 28.3 Å². The summed E-state index contributed by atoms with van der Waals surface area (Å²) in [5.74, 6) is -1.11. The van der Waals surface area contributed by atoms with Crippen molar-refractivity contribution in [3.63, 3.8) is 0 Å². The van der Waals surface area contributed by atoms with Crippen molar-refractivity contribution in [2.45, 2.75) is 12.6 Å². The number of nitrogens with zero attached hydrogens (tertiary/aromatic N) is 1. The normalized spacial score (nSPS) is 11.1. The Bertz CT molecular complexity index is 502. The van der Waals surface area contributed by atoms with Gasteiger partial charge in [0.2, 0.25) is 0 Å². The van der Waals surface area contributed by atoms with E-state index in [4.69, 9.17) is 5.11 Å². The summed E-state index contributed by atoms with van der Waals surface area (Å²) in [5, 5.41) is 21.3. The molecule has 0 fully saturated rings. The fraction of sp³-hybridized carbons (Fsp3) is 0.300. The highest BCUT2D eigenvalue weighted by atomic mass is 19.4. The lowest BCUT2D eigenvalue weighted by molar-refractivity contribution is -0.388. The van der Waals surface area contributed by atoms with E-state index in [9.17, 15) is 28.1 Å². The molecule has 0 bridgehead atoms. The molecule has 0 saturated heterocycles. The first kappa shape index (κ1) is 14.7. The number of carbonyl (C=O) groups is 1. The van der Waals surface area contributed by atoms with E-state index in [-0.39, 0.29) is 18.7 Å². The number of rotatable bonds is 5. The number of nitrogens with one attached hydrogen (secondary N) is 1.